The fourth-order valence-corrected chi connectivity index (χ4v) is 2.43. The summed E-state index contributed by atoms with van der Waals surface area (Å²) in [5, 5.41) is 3.58. The number of hydrogen-bond acceptors (Lipinski definition) is 2. The van der Waals surface area contributed by atoms with Crippen molar-refractivity contribution in [2.45, 2.75) is 38.5 Å². The topological polar surface area (TPSA) is 21.3 Å². The van der Waals surface area contributed by atoms with Gasteiger partial charge in [-0.1, -0.05) is 44.2 Å². The van der Waals surface area contributed by atoms with E-state index in [0.717, 1.165) is 32.5 Å². The Kier molecular flexibility index (Phi) is 6.99. The van der Waals surface area contributed by atoms with Gasteiger partial charge in [0.25, 0.3) is 0 Å². The third kappa shape index (κ3) is 4.11. The molecule has 0 fully saturated rings. The standard InChI is InChI=1S/C16H27NO/c1-4-12-17-14-16(5-2,11-13-18-3)15-9-7-6-8-10-15/h6-10,17H,4-5,11-14H2,1-3H3. The lowest BCUT2D eigenvalue weighted by atomic mass is 9.75. The molecule has 2 nitrogen and oxygen atoms in total. The summed E-state index contributed by atoms with van der Waals surface area (Å²) in [4.78, 5) is 0. The number of methoxy groups -OCH3 is 1. The zero-order chi connectivity index (χ0) is 13.3. The van der Waals surface area contributed by atoms with E-state index < -0.39 is 0 Å². The van der Waals surface area contributed by atoms with Gasteiger partial charge < -0.3 is 10.1 Å². The van der Waals surface area contributed by atoms with E-state index in [1.54, 1.807) is 7.11 Å². The lowest BCUT2D eigenvalue weighted by Gasteiger charge is -2.34. The van der Waals surface area contributed by atoms with Crippen LogP contribution in [0.1, 0.15) is 38.7 Å². The first-order valence-electron chi connectivity index (χ1n) is 7.04. The Bertz CT molecular complexity index is 312. The predicted molar refractivity (Wildman–Crippen MR) is 78.1 cm³/mol. The number of rotatable bonds is 9. The Morgan fingerprint density at radius 1 is 1.17 bits per heavy atom. The quantitative estimate of drug-likeness (QED) is 0.678. The molecule has 1 unspecified atom stereocenters. The molecule has 0 saturated heterocycles. The largest absolute Gasteiger partial charge is 0.385 e. The molecule has 1 aromatic rings. The summed E-state index contributed by atoms with van der Waals surface area (Å²) < 4.78 is 5.30. The second kappa shape index (κ2) is 8.28. The first-order chi connectivity index (χ1) is 8.79. The normalized spacial score (nSPS) is 14.4. The molecule has 102 valence electrons. The molecule has 1 N–H and O–H groups in total. The van der Waals surface area contributed by atoms with Crippen LogP contribution >= 0.6 is 0 Å². The molecule has 18 heavy (non-hydrogen) atoms. The lowest BCUT2D eigenvalue weighted by Crippen LogP contribution is -2.39. The van der Waals surface area contributed by atoms with Gasteiger partial charge in [0, 0.05) is 25.7 Å². The van der Waals surface area contributed by atoms with Crippen LogP contribution in [0.2, 0.25) is 0 Å². The fraction of sp³-hybridized carbons (Fsp3) is 0.625. The highest BCUT2D eigenvalue weighted by Gasteiger charge is 2.29. The molecule has 0 radical (unpaired) electrons. The van der Waals surface area contributed by atoms with Crippen molar-refractivity contribution in [3.63, 3.8) is 0 Å². The van der Waals surface area contributed by atoms with E-state index in [1.165, 1.54) is 12.0 Å². The Balaban J connectivity index is 2.83. The molecule has 0 amide bonds. The molecule has 0 bridgehead atoms. The molecule has 1 rings (SSSR count). The van der Waals surface area contributed by atoms with E-state index in [4.69, 9.17) is 4.74 Å². The van der Waals surface area contributed by atoms with Gasteiger partial charge in [-0.2, -0.15) is 0 Å². The Morgan fingerprint density at radius 2 is 1.89 bits per heavy atom. The zero-order valence-electron chi connectivity index (χ0n) is 12.0. The second-order valence-electron chi connectivity index (χ2n) is 4.92. The van der Waals surface area contributed by atoms with Gasteiger partial charge in [0.05, 0.1) is 0 Å². The van der Waals surface area contributed by atoms with Crippen LogP contribution in [0.3, 0.4) is 0 Å². The third-order valence-electron chi connectivity index (χ3n) is 3.74. The Hall–Kier alpha value is -0.860. The maximum Gasteiger partial charge on any atom is 0.0471 e. The van der Waals surface area contributed by atoms with Gasteiger partial charge in [0.2, 0.25) is 0 Å². The van der Waals surface area contributed by atoms with Crippen molar-refractivity contribution in [2.24, 2.45) is 0 Å². The number of nitrogens with one attached hydrogen (secondary N) is 1. The van der Waals surface area contributed by atoms with Crippen molar-refractivity contribution in [2.75, 3.05) is 26.8 Å². The maximum absolute atomic E-state index is 5.30. The Labute approximate surface area is 112 Å². The van der Waals surface area contributed by atoms with Crippen molar-refractivity contribution in [1.29, 1.82) is 0 Å². The van der Waals surface area contributed by atoms with Crippen LogP contribution in [0, 0.1) is 0 Å². The molecule has 0 heterocycles. The molecule has 0 spiro atoms. The van der Waals surface area contributed by atoms with E-state index in [-0.39, 0.29) is 5.41 Å². The van der Waals surface area contributed by atoms with Crippen molar-refractivity contribution >= 4 is 0 Å². The van der Waals surface area contributed by atoms with E-state index >= 15 is 0 Å². The molecular weight excluding hydrogens is 222 g/mol. The van der Waals surface area contributed by atoms with Crippen molar-refractivity contribution in [1.82, 2.24) is 5.32 Å². The number of hydrogen-bond donors (Lipinski definition) is 1. The van der Waals surface area contributed by atoms with E-state index in [9.17, 15) is 0 Å². The first-order valence-corrected chi connectivity index (χ1v) is 7.04. The minimum absolute atomic E-state index is 0.201. The number of ether oxygens (including phenoxy) is 1. The lowest BCUT2D eigenvalue weighted by molar-refractivity contribution is 0.163. The summed E-state index contributed by atoms with van der Waals surface area (Å²) in [6.45, 7) is 7.41. The van der Waals surface area contributed by atoms with Crippen LogP contribution in [0.25, 0.3) is 0 Å². The van der Waals surface area contributed by atoms with Gasteiger partial charge in [-0.15, -0.1) is 0 Å². The zero-order valence-corrected chi connectivity index (χ0v) is 12.0. The maximum atomic E-state index is 5.30. The van der Waals surface area contributed by atoms with Gasteiger partial charge in [0.1, 0.15) is 0 Å². The van der Waals surface area contributed by atoms with Crippen LogP contribution in [-0.2, 0) is 10.2 Å². The van der Waals surface area contributed by atoms with E-state index in [0.29, 0.717) is 0 Å². The molecule has 1 aromatic carbocycles. The predicted octanol–water partition coefficient (Wildman–Crippen LogP) is 3.37. The summed E-state index contributed by atoms with van der Waals surface area (Å²) in [6, 6.07) is 10.8. The van der Waals surface area contributed by atoms with E-state index in [2.05, 4.69) is 49.5 Å². The van der Waals surface area contributed by atoms with Gasteiger partial charge >= 0.3 is 0 Å². The molecule has 2 heteroatoms. The van der Waals surface area contributed by atoms with Gasteiger partial charge in [-0.25, -0.2) is 0 Å². The molecule has 0 aliphatic rings. The first kappa shape index (κ1) is 15.2. The smallest absolute Gasteiger partial charge is 0.0471 e. The van der Waals surface area contributed by atoms with Gasteiger partial charge in [-0.3, -0.25) is 0 Å². The SMILES string of the molecule is CCCNCC(CC)(CCOC)c1ccccc1. The molecule has 0 aliphatic heterocycles. The Morgan fingerprint density at radius 3 is 2.44 bits per heavy atom. The molecule has 0 aromatic heterocycles. The average Bonchev–Trinajstić information content (AvgIpc) is 2.44. The number of benzene rings is 1. The fourth-order valence-electron chi connectivity index (χ4n) is 2.43. The van der Waals surface area contributed by atoms with Crippen LogP contribution in [0.5, 0.6) is 0 Å². The van der Waals surface area contributed by atoms with Crippen molar-refractivity contribution in [3.05, 3.63) is 35.9 Å². The van der Waals surface area contributed by atoms with Crippen LogP contribution in [-0.4, -0.2) is 26.8 Å². The summed E-state index contributed by atoms with van der Waals surface area (Å²) in [6.07, 6.45) is 3.39. The summed E-state index contributed by atoms with van der Waals surface area (Å²) in [5.41, 5.74) is 1.63. The monoisotopic (exact) mass is 249 g/mol. The van der Waals surface area contributed by atoms with E-state index in [1.807, 2.05) is 0 Å². The minimum Gasteiger partial charge on any atom is -0.385 e. The highest BCUT2D eigenvalue weighted by atomic mass is 16.5. The second-order valence-corrected chi connectivity index (χ2v) is 4.92. The summed E-state index contributed by atoms with van der Waals surface area (Å²) in [7, 11) is 1.78. The van der Waals surface area contributed by atoms with Crippen LogP contribution in [0.15, 0.2) is 30.3 Å². The third-order valence-corrected chi connectivity index (χ3v) is 3.74. The van der Waals surface area contributed by atoms with Crippen LogP contribution in [0.4, 0.5) is 0 Å². The van der Waals surface area contributed by atoms with Gasteiger partial charge in [-0.05, 0) is 31.4 Å². The highest BCUT2D eigenvalue weighted by molar-refractivity contribution is 5.26. The van der Waals surface area contributed by atoms with Crippen LogP contribution < -0.4 is 5.32 Å². The molecular formula is C16H27NO. The summed E-state index contributed by atoms with van der Waals surface area (Å²) in [5.74, 6) is 0. The average molecular weight is 249 g/mol. The highest BCUT2D eigenvalue weighted by Crippen LogP contribution is 2.31. The summed E-state index contributed by atoms with van der Waals surface area (Å²) >= 11 is 0. The minimum atomic E-state index is 0.201. The van der Waals surface area contributed by atoms with Crippen molar-refractivity contribution < 1.29 is 4.74 Å². The molecule has 0 saturated carbocycles. The van der Waals surface area contributed by atoms with Crippen molar-refractivity contribution in [3.8, 4) is 0 Å². The molecule has 1 atom stereocenters. The molecule has 0 aliphatic carbocycles. The van der Waals surface area contributed by atoms with Gasteiger partial charge in [0.15, 0.2) is 0 Å².